The first kappa shape index (κ1) is 14.9. The summed E-state index contributed by atoms with van der Waals surface area (Å²) in [6.45, 7) is 2.41. The molecule has 0 aliphatic heterocycles. The molecule has 2 aromatic rings. The third-order valence-corrected chi connectivity index (χ3v) is 3.34. The van der Waals surface area contributed by atoms with E-state index in [2.05, 4.69) is 5.32 Å². The van der Waals surface area contributed by atoms with Gasteiger partial charge < -0.3 is 15.3 Å². The summed E-state index contributed by atoms with van der Waals surface area (Å²) in [6, 6.07) is 13.0. The lowest BCUT2D eigenvalue weighted by atomic mass is 10.1. The Hall–Kier alpha value is -2.49. The fourth-order valence-electron chi connectivity index (χ4n) is 2.05. The molecule has 2 N–H and O–H groups in total. The van der Waals surface area contributed by atoms with Crippen molar-refractivity contribution < 1.29 is 9.90 Å². The van der Waals surface area contributed by atoms with Crippen molar-refractivity contribution in [2.45, 2.75) is 13.5 Å². The van der Waals surface area contributed by atoms with Gasteiger partial charge >= 0.3 is 0 Å². The minimum Gasteiger partial charge on any atom is -0.507 e. The molecular weight excluding hydrogens is 264 g/mol. The van der Waals surface area contributed by atoms with E-state index < -0.39 is 0 Å². The van der Waals surface area contributed by atoms with Crippen LogP contribution in [0.3, 0.4) is 0 Å². The minimum absolute atomic E-state index is 0.0159. The van der Waals surface area contributed by atoms with Crippen LogP contribution in [0.2, 0.25) is 0 Å². The first-order valence-corrected chi connectivity index (χ1v) is 6.82. The lowest BCUT2D eigenvalue weighted by molar-refractivity contribution is 0.0827. The van der Waals surface area contributed by atoms with Gasteiger partial charge in [0, 0.05) is 37.5 Å². The Morgan fingerprint density at radius 3 is 2.43 bits per heavy atom. The summed E-state index contributed by atoms with van der Waals surface area (Å²) < 4.78 is 0. The standard InChI is InChI=1S/C17H20N2O2/c1-12-5-4-6-14(16(12)20)11-18-15-9-7-13(8-10-15)17(21)19(2)3/h4-10,18,20H,11H2,1-3H3. The summed E-state index contributed by atoms with van der Waals surface area (Å²) >= 11 is 0. The van der Waals surface area contributed by atoms with Gasteiger partial charge in [-0.2, -0.15) is 0 Å². The van der Waals surface area contributed by atoms with Gasteiger partial charge in [-0.3, -0.25) is 4.79 Å². The predicted molar refractivity (Wildman–Crippen MR) is 84.6 cm³/mol. The van der Waals surface area contributed by atoms with Crippen molar-refractivity contribution in [3.8, 4) is 5.75 Å². The van der Waals surface area contributed by atoms with E-state index >= 15 is 0 Å². The molecule has 0 radical (unpaired) electrons. The zero-order chi connectivity index (χ0) is 15.4. The Balaban J connectivity index is 2.04. The first-order valence-electron chi connectivity index (χ1n) is 6.82. The molecule has 4 nitrogen and oxygen atoms in total. The lowest BCUT2D eigenvalue weighted by Crippen LogP contribution is -2.21. The van der Waals surface area contributed by atoms with Gasteiger partial charge in [0.15, 0.2) is 0 Å². The number of aromatic hydroxyl groups is 1. The number of phenols is 1. The number of amides is 1. The van der Waals surface area contributed by atoms with Crippen molar-refractivity contribution >= 4 is 11.6 Å². The van der Waals surface area contributed by atoms with Crippen molar-refractivity contribution in [1.29, 1.82) is 0 Å². The molecule has 0 aliphatic rings. The molecule has 0 spiro atoms. The second kappa shape index (κ2) is 6.31. The molecule has 0 saturated carbocycles. The Kier molecular flexibility index (Phi) is 4.48. The number of aryl methyl sites for hydroxylation is 1. The largest absolute Gasteiger partial charge is 0.507 e. The summed E-state index contributed by atoms with van der Waals surface area (Å²) in [5.41, 5.74) is 3.28. The third-order valence-electron chi connectivity index (χ3n) is 3.34. The normalized spacial score (nSPS) is 10.2. The minimum atomic E-state index is -0.0159. The molecule has 2 aromatic carbocycles. The maximum Gasteiger partial charge on any atom is 0.253 e. The van der Waals surface area contributed by atoms with Gasteiger partial charge in [0.1, 0.15) is 5.75 Å². The van der Waals surface area contributed by atoms with Gasteiger partial charge in [-0.1, -0.05) is 18.2 Å². The van der Waals surface area contributed by atoms with Crippen LogP contribution in [-0.4, -0.2) is 30.0 Å². The molecule has 2 rings (SSSR count). The zero-order valence-corrected chi connectivity index (χ0v) is 12.6. The molecule has 110 valence electrons. The van der Waals surface area contributed by atoms with Crippen molar-refractivity contribution in [3.05, 3.63) is 59.2 Å². The molecule has 0 aliphatic carbocycles. The molecule has 0 aromatic heterocycles. The fraction of sp³-hybridized carbons (Fsp3) is 0.235. The van der Waals surface area contributed by atoms with Crippen LogP contribution < -0.4 is 5.32 Å². The molecule has 0 fully saturated rings. The average Bonchev–Trinajstić information content (AvgIpc) is 2.48. The number of nitrogens with one attached hydrogen (secondary N) is 1. The molecular formula is C17H20N2O2. The summed E-state index contributed by atoms with van der Waals surface area (Å²) in [7, 11) is 3.46. The predicted octanol–water partition coefficient (Wildman–Crippen LogP) is 3.01. The first-order chi connectivity index (χ1) is 9.99. The molecule has 0 unspecified atom stereocenters. The van der Waals surface area contributed by atoms with Crippen LogP contribution in [0.4, 0.5) is 5.69 Å². The van der Waals surface area contributed by atoms with Crippen molar-refractivity contribution in [1.82, 2.24) is 4.90 Å². The van der Waals surface area contributed by atoms with Crippen molar-refractivity contribution in [2.24, 2.45) is 0 Å². The number of phenolic OH excluding ortho intramolecular Hbond substituents is 1. The number of nitrogens with zero attached hydrogens (tertiary/aromatic N) is 1. The quantitative estimate of drug-likeness (QED) is 0.907. The van der Waals surface area contributed by atoms with Crippen LogP contribution in [0, 0.1) is 6.92 Å². The number of benzene rings is 2. The molecule has 0 bridgehead atoms. The van der Waals surface area contributed by atoms with E-state index in [4.69, 9.17) is 0 Å². The molecule has 0 heterocycles. The Labute approximate surface area is 125 Å². The Morgan fingerprint density at radius 1 is 1.14 bits per heavy atom. The van der Waals surface area contributed by atoms with Gasteiger partial charge in [-0.15, -0.1) is 0 Å². The van der Waals surface area contributed by atoms with Crippen LogP contribution in [0.5, 0.6) is 5.75 Å². The molecule has 21 heavy (non-hydrogen) atoms. The topological polar surface area (TPSA) is 52.6 Å². The highest BCUT2D eigenvalue weighted by molar-refractivity contribution is 5.94. The van der Waals surface area contributed by atoms with Crippen LogP contribution in [0.15, 0.2) is 42.5 Å². The van der Waals surface area contributed by atoms with E-state index in [1.54, 1.807) is 31.1 Å². The van der Waals surface area contributed by atoms with E-state index in [9.17, 15) is 9.90 Å². The zero-order valence-electron chi connectivity index (χ0n) is 12.6. The summed E-state index contributed by atoms with van der Waals surface area (Å²) in [4.78, 5) is 13.3. The summed E-state index contributed by atoms with van der Waals surface area (Å²) in [6.07, 6.45) is 0. The summed E-state index contributed by atoms with van der Waals surface area (Å²) in [5, 5.41) is 13.2. The number of anilines is 1. The van der Waals surface area contributed by atoms with Gasteiger partial charge in [0.05, 0.1) is 0 Å². The number of hydrogen-bond donors (Lipinski definition) is 2. The summed E-state index contributed by atoms with van der Waals surface area (Å²) in [5.74, 6) is 0.308. The Morgan fingerprint density at radius 2 is 1.81 bits per heavy atom. The number of carbonyl (C=O) groups excluding carboxylic acids is 1. The van der Waals surface area contributed by atoms with Gasteiger partial charge in [0.25, 0.3) is 5.91 Å². The SMILES string of the molecule is Cc1cccc(CNc2ccc(C(=O)N(C)C)cc2)c1O. The maximum absolute atomic E-state index is 11.8. The van der Waals surface area contributed by atoms with E-state index in [-0.39, 0.29) is 5.91 Å². The van der Waals surface area contributed by atoms with Gasteiger partial charge in [-0.25, -0.2) is 0 Å². The van der Waals surface area contributed by atoms with Crippen LogP contribution in [0.25, 0.3) is 0 Å². The van der Waals surface area contributed by atoms with E-state index in [0.717, 1.165) is 16.8 Å². The second-order valence-electron chi connectivity index (χ2n) is 5.21. The lowest BCUT2D eigenvalue weighted by Gasteiger charge is -2.12. The van der Waals surface area contributed by atoms with Crippen molar-refractivity contribution in [2.75, 3.05) is 19.4 Å². The molecule has 0 atom stereocenters. The maximum atomic E-state index is 11.8. The number of carbonyl (C=O) groups is 1. The highest BCUT2D eigenvalue weighted by Gasteiger charge is 2.07. The molecule has 4 heteroatoms. The fourth-order valence-corrected chi connectivity index (χ4v) is 2.05. The second-order valence-corrected chi connectivity index (χ2v) is 5.21. The van der Waals surface area contributed by atoms with E-state index in [1.807, 2.05) is 37.3 Å². The molecule has 1 amide bonds. The van der Waals surface area contributed by atoms with Gasteiger partial charge in [-0.05, 0) is 36.8 Å². The van der Waals surface area contributed by atoms with Gasteiger partial charge in [0.2, 0.25) is 0 Å². The molecule has 0 saturated heterocycles. The third kappa shape index (κ3) is 3.54. The van der Waals surface area contributed by atoms with Crippen LogP contribution in [0.1, 0.15) is 21.5 Å². The smallest absolute Gasteiger partial charge is 0.253 e. The number of hydrogen-bond acceptors (Lipinski definition) is 3. The number of rotatable bonds is 4. The average molecular weight is 284 g/mol. The highest BCUT2D eigenvalue weighted by atomic mass is 16.3. The van der Waals surface area contributed by atoms with E-state index in [0.29, 0.717) is 17.9 Å². The highest BCUT2D eigenvalue weighted by Crippen LogP contribution is 2.22. The van der Waals surface area contributed by atoms with Crippen LogP contribution >= 0.6 is 0 Å². The Bertz CT molecular complexity index is 634. The monoisotopic (exact) mass is 284 g/mol. The van der Waals surface area contributed by atoms with Crippen molar-refractivity contribution in [3.63, 3.8) is 0 Å². The van der Waals surface area contributed by atoms with E-state index in [1.165, 1.54) is 0 Å². The van der Waals surface area contributed by atoms with Crippen LogP contribution in [-0.2, 0) is 6.54 Å². The number of para-hydroxylation sites is 1.